The van der Waals surface area contributed by atoms with E-state index >= 15 is 0 Å². The van der Waals surface area contributed by atoms with E-state index in [0.29, 0.717) is 22.3 Å². The maximum absolute atomic E-state index is 11.8. The first-order valence-corrected chi connectivity index (χ1v) is 9.34. The van der Waals surface area contributed by atoms with E-state index in [4.69, 9.17) is 9.15 Å². The molecular formula is C20H17N3O3S. The first-order chi connectivity index (χ1) is 13.1. The Balaban J connectivity index is 1.55. The number of methoxy groups -OCH3 is 1. The molecule has 0 unspecified atom stereocenters. The second-order valence-electron chi connectivity index (χ2n) is 6.07. The predicted octanol–water partition coefficient (Wildman–Crippen LogP) is 4.19. The minimum Gasteiger partial charge on any atom is -0.497 e. The fourth-order valence-electron chi connectivity index (χ4n) is 2.79. The third-order valence-corrected chi connectivity index (χ3v) is 5.07. The lowest BCUT2D eigenvalue weighted by Crippen LogP contribution is -2.00. The number of thioether (sulfide) groups is 1. The van der Waals surface area contributed by atoms with Gasteiger partial charge in [-0.15, -0.1) is 5.10 Å². The third kappa shape index (κ3) is 3.73. The Morgan fingerprint density at radius 2 is 1.96 bits per heavy atom. The highest BCUT2D eigenvalue weighted by atomic mass is 32.2. The zero-order chi connectivity index (χ0) is 18.8. The topological polar surface area (TPSA) is 81.0 Å². The van der Waals surface area contributed by atoms with Crippen LogP contribution in [0.1, 0.15) is 11.1 Å². The Labute approximate surface area is 159 Å². The average molecular weight is 379 g/mol. The molecule has 0 radical (unpaired) electrons. The van der Waals surface area contributed by atoms with E-state index in [1.54, 1.807) is 7.11 Å². The smallest absolute Gasteiger partial charge is 0.336 e. The number of aromatic amines is 1. The van der Waals surface area contributed by atoms with Gasteiger partial charge in [0.05, 0.1) is 7.11 Å². The lowest BCUT2D eigenvalue weighted by molar-refractivity contribution is 0.415. The Morgan fingerprint density at radius 3 is 2.74 bits per heavy atom. The highest BCUT2D eigenvalue weighted by Crippen LogP contribution is 2.27. The van der Waals surface area contributed by atoms with Gasteiger partial charge in [0.1, 0.15) is 11.3 Å². The number of nitrogens with one attached hydrogen (secondary N) is 1. The number of ether oxygens (including phenoxy) is 1. The van der Waals surface area contributed by atoms with Crippen LogP contribution in [-0.2, 0) is 5.75 Å². The molecule has 2 heterocycles. The zero-order valence-corrected chi connectivity index (χ0v) is 15.7. The van der Waals surface area contributed by atoms with Gasteiger partial charge >= 0.3 is 5.63 Å². The molecule has 0 atom stereocenters. The van der Waals surface area contributed by atoms with Crippen LogP contribution < -0.4 is 10.4 Å². The van der Waals surface area contributed by atoms with Gasteiger partial charge in [-0.3, -0.25) is 5.10 Å². The number of aromatic nitrogens is 3. The minimum atomic E-state index is -0.349. The summed E-state index contributed by atoms with van der Waals surface area (Å²) in [7, 11) is 1.63. The van der Waals surface area contributed by atoms with Gasteiger partial charge in [-0.2, -0.15) is 0 Å². The van der Waals surface area contributed by atoms with Gasteiger partial charge in [-0.05, 0) is 48.4 Å². The number of hydrogen-bond acceptors (Lipinski definition) is 6. The fraction of sp³-hybridized carbons (Fsp3) is 0.150. The highest BCUT2D eigenvalue weighted by molar-refractivity contribution is 7.98. The van der Waals surface area contributed by atoms with E-state index in [1.165, 1.54) is 17.8 Å². The van der Waals surface area contributed by atoms with Crippen molar-refractivity contribution in [3.8, 4) is 17.1 Å². The van der Waals surface area contributed by atoms with Crippen LogP contribution in [0.25, 0.3) is 22.4 Å². The van der Waals surface area contributed by atoms with Gasteiger partial charge in [-0.25, -0.2) is 9.78 Å². The summed E-state index contributed by atoms with van der Waals surface area (Å²) in [6, 6.07) is 15.0. The van der Waals surface area contributed by atoms with Crippen molar-refractivity contribution in [3.63, 3.8) is 0 Å². The van der Waals surface area contributed by atoms with E-state index in [-0.39, 0.29) is 5.63 Å². The summed E-state index contributed by atoms with van der Waals surface area (Å²) in [6.45, 7) is 1.97. The van der Waals surface area contributed by atoms with Gasteiger partial charge in [0.2, 0.25) is 5.16 Å². The van der Waals surface area contributed by atoms with Gasteiger partial charge in [-0.1, -0.05) is 23.9 Å². The number of rotatable bonds is 5. The van der Waals surface area contributed by atoms with Crippen molar-refractivity contribution in [1.82, 2.24) is 15.2 Å². The van der Waals surface area contributed by atoms with Gasteiger partial charge < -0.3 is 9.15 Å². The Morgan fingerprint density at radius 1 is 1.15 bits per heavy atom. The first kappa shape index (κ1) is 17.4. The Hall–Kier alpha value is -3.06. The molecule has 0 spiro atoms. The summed E-state index contributed by atoms with van der Waals surface area (Å²) < 4.78 is 10.5. The molecule has 2 aromatic heterocycles. The first-order valence-electron chi connectivity index (χ1n) is 8.35. The van der Waals surface area contributed by atoms with Crippen molar-refractivity contribution in [2.75, 3.05) is 7.11 Å². The largest absolute Gasteiger partial charge is 0.497 e. The molecule has 0 bridgehead atoms. The van der Waals surface area contributed by atoms with E-state index in [2.05, 4.69) is 15.2 Å². The Kier molecular flexibility index (Phi) is 4.68. The number of H-pyrrole nitrogens is 1. The van der Waals surface area contributed by atoms with Crippen molar-refractivity contribution in [1.29, 1.82) is 0 Å². The summed E-state index contributed by atoms with van der Waals surface area (Å²) in [5.41, 5.74) is 3.14. The van der Waals surface area contributed by atoms with Crippen LogP contribution in [0.5, 0.6) is 5.75 Å². The number of nitrogens with zero attached hydrogens (tertiary/aromatic N) is 2. The van der Waals surface area contributed by atoms with Crippen molar-refractivity contribution >= 4 is 22.7 Å². The number of aryl methyl sites for hydroxylation is 1. The second kappa shape index (κ2) is 7.28. The van der Waals surface area contributed by atoms with E-state index < -0.39 is 0 Å². The number of fused-ring (bicyclic) bond motifs is 1. The summed E-state index contributed by atoms with van der Waals surface area (Å²) in [5.74, 6) is 2.05. The molecule has 0 saturated heterocycles. The van der Waals surface area contributed by atoms with Crippen LogP contribution in [0.3, 0.4) is 0 Å². The van der Waals surface area contributed by atoms with E-state index in [9.17, 15) is 4.79 Å². The molecule has 0 aliphatic heterocycles. The summed E-state index contributed by atoms with van der Waals surface area (Å²) in [5, 5.41) is 8.76. The molecule has 136 valence electrons. The fourth-order valence-corrected chi connectivity index (χ4v) is 3.58. The maximum atomic E-state index is 11.8. The molecule has 7 heteroatoms. The summed E-state index contributed by atoms with van der Waals surface area (Å²) in [4.78, 5) is 16.4. The number of hydrogen-bond donors (Lipinski definition) is 1. The lowest BCUT2D eigenvalue weighted by Gasteiger charge is -2.04. The van der Waals surface area contributed by atoms with Crippen LogP contribution in [0.15, 0.2) is 62.9 Å². The minimum absolute atomic E-state index is 0.349. The summed E-state index contributed by atoms with van der Waals surface area (Å²) >= 11 is 1.47. The standard InChI is InChI=1S/C20H17N3O3S/c1-12-3-8-16-14(10-18(24)26-17(16)9-12)11-27-20-21-19(22-23-20)13-4-6-15(25-2)7-5-13/h3-10H,11H2,1-2H3,(H,21,22,23). The average Bonchev–Trinajstić information content (AvgIpc) is 3.14. The second-order valence-corrected chi connectivity index (χ2v) is 7.02. The van der Waals surface area contributed by atoms with Crippen molar-refractivity contribution in [2.24, 2.45) is 0 Å². The molecule has 0 amide bonds. The van der Waals surface area contributed by atoms with Crippen molar-refractivity contribution < 1.29 is 9.15 Å². The van der Waals surface area contributed by atoms with Gasteiger partial charge in [0.15, 0.2) is 5.82 Å². The zero-order valence-electron chi connectivity index (χ0n) is 14.9. The van der Waals surface area contributed by atoms with E-state index in [0.717, 1.165) is 27.8 Å². The third-order valence-electron chi connectivity index (χ3n) is 4.17. The van der Waals surface area contributed by atoms with Crippen LogP contribution in [0.2, 0.25) is 0 Å². The molecule has 1 N–H and O–H groups in total. The van der Waals surface area contributed by atoms with Crippen LogP contribution in [-0.4, -0.2) is 22.3 Å². The lowest BCUT2D eigenvalue weighted by atomic mass is 10.1. The Bertz CT molecular complexity index is 1150. The number of benzene rings is 2. The quantitative estimate of drug-likeness (QED) is 0.414. The maximum Gasteiger partial charge on any atom is 0.336 e. The molecule has 0 saturated carbocycles. The molecule has 0 fully saturated rings. The molecule has 0 aliphatic carbocycles. The van der Waals surface area contributed by atoms with E-state index in [1.807, 2.05) is 49.4 Å². The molecule has 4 aromatic rings. The highest BCUT2D eigenvalue weighted by Gasteiger charge is 2.10. The summed E-state index contributed by atoms with van der Waals surface area (Å²) in [6.07, 6.45) is 0. The van der Waals surface area contributed by atoms with Crippen LogP contribution in [0.4, 0.5) is 0 Å². The van der Waals surface area contributed by atoms with Crippen LogP contribution >= 0.6 is 11.8 Å². The van der Waals surface area contributed by atoms with Crippen molar-refractivity contribution in [3.05, 3.63) is 70.1 Å². The normalized spacial score (nSPS) is 11.0. The molecule has 2 aromatic carbocycles. The molecule has 4 rings (SSSR count). The van der Waals surface area contributed by atoms with Gasteiger partial charge in [0, 0.05) is 22.8 Å². The molecule has 6 nitrogen and oxygen atoms in total. The van der Waals surface area contributed by atoms with Crippen LogP contribution in [0, 0.1) is 6.92 Å². The predicted molar refractivity (Wildman–Crippen MR) is 105 cm³/mol. The molecular weight excluding hydrogens is 362 g/mol. The monoisotopic (exact) mass is 379 g/mol. The molecule has 27 heavy (non-hydrogen) atoms. The molecule has 0 aliphatic rings. The van der Waals surface area contributed by atoms with Gasteiger partial charge in [0.25, 0.3) is 0 Å². The SMILES string of the molecule is COc1ccc(-c2nc(SCc3cc(=O)oc4cc(C)ccc34)n[nH]2)cc1. The van der Waals surface area contributed by atoms with Crippen molar-refractivity contribution in [2.45, 2.75) is 17.8 Å².